The maximum Gasteiger partial charge on any atom is 0.260 e. The lowest BCUT2D eigenvalue weighted by molar-refractivity contribution is -0.121. The Morgan fingerprint density at radius 3 is 2.94 bits per heavy atom. The number of carbonyl (C=O) groups is 1. The Morgan fingerprint density at radius 1 is 1.59 bits per heavy atom. The van der Waals surface area contributed by atoms with E-state index in [0.29, 0.717) is 6.54 Å². The molecule has 0 saturated carbocycles. The largest absolute Gasteiger partial charge is 0.335 e. The number of nitrogens with one attached hydrogen (secondary N) is 1. The van der Waals surface area contributed by atoms with Gasteiger partial charge in [-0.25, -0.2) is 13.4 Å². The summed E-state index contributed by atoms with van der Waals surface area (Å²) in [7, 11) is -3.52. The molecule has 1 fully saturated rings. The Labute approximate surface area is 100 Å². The van der Waals surface area contributed by atoms with E-state index in [0.717, 1.165) is 12.8 Å². The highest BCUT2D eigenvalue weighted by Gasteiger charge is 2.32. The van der Waals surface area contributed by atoms with Crippen molar-refractivity contribution < 1.29 is 13.2 Å². The van der Waals surface area contributed by atoms with E-state index in [2.05, 4.69) is 9.97 Å². The average Bonchev–Trinajstić information content (AvgIpc) is 2.83. The van der Waals surface area contributed by atoms with E-state index in [9.17, 15) is 13.2 Å². The fourth-order valence-electron chi connectivity index (χ4n) is 2.02. The lowest BCUT2D eigenvalue weighted by atomic mass is 9.96. The summed E-state index contributed by atoms with van der Waals surface area (Å²) < 4.78 is 25.7. The smallest absolute Gasteiger partial charge is 0.260 e. The first kappa shape index (κ1) is 12.3. The topological polar surface area (TPSA) is 83.1 Å². The van der Waals surface area contributed by atoms with Gasteiger partial charge in [-0.05, 0) is 19.8 Å². The SMILES string of the molecule is CC(=O)C1CCCN(S(=O)(=O)c2cnc[nH]2)C1. The van der Waals surface area contributed by atoms with Crippen LogP contribution in [0.4, 0.5) is 0 Å². The summed E-state index contributed by atoms with van der Waals surface area (Å²) in [6, 6.07) is 0. The molecule has 0 bridgehead atoms. The lowest BCUT2D eigenvalue weighted by Crippen LogP contribution is -2.41. The van der Waals surface area contributed by atoms with Crippen LogP contribution in [0, 0.1) is 5.92 Å². The zero-order valence-electron chi connectivity index (χ0n) is 9.59. The summed E-state index contributed by atoms with van der Waals surface area (Å²) in [6.45, 7) is 2.25. The number of aromatic amines is 1. The summed E-state index contributed by atoms with van der Waals surface area (Å²) in [5.41, 5.74) is 0. The van der Waals surface area contributed by atoms with Crippen molar-refractivity contribution in [2.75, 3.05) is 13.1 Å². The molecule has 2 rings (SSSR count). The Bertz CT molecular complexity index is 495. The molecule has 0 spiro atoms. The summed E-state index contributed by atoms with van der Waals surface area (Å²) in [5.74, 6) is -0.129. The van der Waals surface area contributed by atoms with Gasteiger partial charge >= 0.3 is 0 Å². The van der Waals surface area contributed by atoms with Crippen LogP contribution in [0.1, 0.15) is 19.8 Å². The van der Waals surface area contributed by atoms with Crippen LogP contribution in [0.15, 0.2) is 17.6 Å². The molecule has 1 aliphatic heterocycles. The number of carbonyl (C=O) groups excluding carboxylic acids is 1. The van der Waals surface area contributed by atoms with Crippen molar-refractivity contribution in [1.29, 1.82) is 0 Å². The van der Waals surface area contributed by atoms with Crippen molar-refractivity contribution in [2.45, 2.75) is 24.8 Å². The summed E-state index contributed by atoms with van der Waals surface area (Å²) in [4.78, 5) is 17.6. The zero-order valence-corrected chi connectivity index (χ0v) is 10.4. The first-order valence-corrected chi connectivity index (χ1v) is 6.95. The van der Waals surface area contributed by atoms with Crippen LogP contribution in [-0.2, 0) is 14.8 Å². The molecule has 0 radical (unpaired) electrons. The van der Waals surface area contributed by atoms with E-state index >= 15 is 0 Å². The Hall–Kier alpha value is -1.21. The first-order valence-electron chi connectivity index (χ1n) is 5.51. The Morgan fingerprint density at radius 2 is 2.35 bits per heavy atom. The number of aromatic nitrogens is 2. The quantitative estimate of drug-likeness (QED) is 0.849. The zero-order chi connectivity index (χ0) is 12.5. The molecule has 0 amide bonds. The van der Waals surface area contributed by atoms with Gasteiger partial charge in [-0.15, -0.1) is 0 Å². The van der Waals surface area contributed by atoms with E-state index in [1.54, 1.807) is 0 Å². The number of ketones is 1. The minimum atomic E-state index is -3.52. The van der Waals surface area contributed by atoms with Crippen molar-refractivity contribution in [3.8, 4) is 0 Å². The molecular formula is C10H15N3O3S. The van der Waals surface area contributed by atoms with Crippen LogP contribution in [0.2, 0.25) is 0 Å². The highest BCUT2D eigenvalue weighted by atomic mass is 32.2. The fourth-order valence-corrected chi connectivity index (χ4v) is 3.44. The number of nitrogens with zero attached hydrogens (tertiary/aromatic N) is 2. The Balaban J connectivity index is 2.20. The predicted molar refractivity (Wildman–Crippen MR) is 60.8 cm³/mol. The maximum absolute atomic E-state index is 12.2. The van der Waals surface area contributed by atoms with Gasteiger partial charge in [0.2, 0.25) is 0 Å². The lowest BCUT2D eigenvalue weighted by Gasteiger charge is -2.30. The van der Waals surface area contributed by atoms with E-state index in [4.69, 9.17) is 0 Å². The Kier molecular flexibility index (Phi) is 3.30. The molecule has 1 unspecified atom stereocenters. The van der Waals surface area contributed by atoms with Crippen molar-refractivity contribution in [3.63, 3.8) is 0 Å². The third-order valence-electron chi connectivity index (χ3n) is 3.05. The van der Waals surface area contributed by atoms with Crippen LogP contribution in [-0.4, -0.2) is 41.6 Å². The van der Waals surface area contributed by atoms with E-state index in [1.807, 2.05) is 0 Å². The minimum Gasteiger partial charge on any atom is -0.335 e. The van der Waals surface area contributed by atoms with Gasteiger partial charge in [0.25, 0.3) is 10.0 Å². The molecule has 7 heteroatoms. The standard InChI is InChI=1S/C10H15N3O3S/c1-8(14)9-3-2-4-13(6-9)17(15,16)10-5-11-7-12-10/h5,7,9H,2-4,6H2,1H3,(H,11,12). The summed E-state index contributed by atoms with van der Waals surface area (Å²) in [5, 5.41) is 0.0849. The number of Topliss-reactive ketones (excluding diaryl/α,β-unsaturated/α-hetero) is 1. The molecule has 1 N–H and O–H groups in total. The maximum atomic E-state index is 12.2. The van der Waals surface area contributed by atoms with Gasteiger partial charge in [-0.1, -0.05) is 0 Å². The monoisotopic (exact) mass is 257 g/mol. The molecule has 0 aliphatic carbocycles. The van der Waals surface area contributed by atoms with Crippen molar-refractivity contribution in [2.24, 2.45) is 5.92 Å². The molecule has 1 aromatic heterocycles. The van der Waals surface area contributed by atoms with E-state index in [1.165, 1.54) is 23.8 Å². The molecule has 17 heavy (non-hydrogen) atoms. The van der Waals surface area contributed by atoms with Gasteiger partial charge in [0, 0.05) is 19.0 Å². The molecule has 6 nitrogen and oxygen atoms in total. The van der Waals surface area contributed by atoms with Crippen molar-refractivity contribution in [1.82, 2.24) is 14.3 Å². The molecule has 1 atom stereocenters. The number of hydrogen-bond donors (Lipinski definition) is 1. The number of hydrogen-bond acceptors (Lipinski definition) is 4. The second kappa shape index (κ2) is 4.58. The normalized spacial score (nSPS) is 22.5. The van der Waals surface area contributed by atoms with Gasteiger partial charge in [0.05, 0.1) is 12.5 Å². The minimum absolute atomic E-state index is 0.0505. The van der Waals surface area contributed by atoms with Crippen LogP contribution in [0.3, 0.4) is 0 Å². The van der Waals surface area contributed by atoms with Crippen molar-refractivity contribution in [3.05, 3.63) is 12.5 Å². The molecule has 0 aromatic carbocycles. The number of sulfonamides is 1. The summed E-state index contributed by atoms with van der Waals surface area (Å²) >= 11 is 0. The molecular weight excluding hydrogens is 242 g/mol. The first-order chi connectivity index (χ1) is 8.01. The molecule has 1 aliphatic rings. The van der Waals surface area contributed by atoms with Gasteiger partial charge < -0.3 is 4.98 Å². The highest BCUT2D eigenvalue weighted by molar-refractivity contribution is 7.89. The number of rotatable bonds is 3. The van der Waals surface area contributed by atoms with Gasteiger partial charge in [0.1, 0.15) is 5.78 Å². The number of imidazole rings is 1. The third kappa shape index (κ3) is 2.39. The summed E-state index contributed by atoms with van der Waals surface area (Å²) in [6.07, 6.45) is 4.11. The molecule has 1 saturated heterocycles. The van der Waals surface area contributed by atoms with Crippen LogP contribution in [0.25, 0.3) is 0 Å². The van der Waals surface area contributed by atoms with Gasteiger partial charge in [-0.2, -0.15) is 4.31 Å². The van der Waals surface area contributed by atoms with Crippen molar-refractivity contribution >= 4 is 15.8 Å². The average molecular weight is 257 g/mol. The molecule has 94 valence electrons. The van der Waals surface area contributed by atoms with Crippen LogP contribution < -0.4 is 0 Å². The second-order valence-corrected chi connectivity index (χ2v) is 6.14. The van der Waals surface area contributed by atoms with Gasteiger partial charge in [0.15, 0.2) is 5.03 Å². The predicted octanol–water partition coefficient (Wildman–Crippen LogP) is 0.399. The molecule has 2 heterocycles. The van der Waals surface area contributed by atoms with E-state index in [-0.39, 0.29) is 23.3 Å². The van der Waals surface area contributed by atoms with Gasteiger partial charge in [-0.3, -0.25) is 4.79 Å². The third-order valence-corrected chi connectivity index (χ3v) is 4.84. The van der Waals surface area contributed by atoms with Crippen LogP contribution >= 0.6 is 0 Å². The highest BCUT2D eigenvalue weighted by Crippen LogP contribution is 2.22. The number of H-pyrrole nitrogens is 1. The second-order valence-electron chi connectivity index (χ2n) is 4.23. The number of piperidine rings is 1. The fraction of sp³-hybridized carbons (Fsp3) is 0.600. The van der Waals surface area contributed by atoms with E-state index < -0.39 is 10.0 Å². The molecule has 1 aromatic rings. The van der Waals surface area contributed by atoms with Crippen LogP contribution in [0.5, 0.6) is 0 Å².